The standard InChI is InChI=1S/C58H41BN2/c1-36-21-25-41(26-22-36)60-53-29-23-37(2)31-51(53)59-52-32-38(3)24-30-54(52)61(56-34-40(33-55(60)57(56)59)39-13-5-4-6-14-39)42-27-28-50-46(35-42)45-17-9-12-20-49(45)58(50)47-18-10-7-15-43(47)44-16-8-11-19-48(44)58/h4-35H,1-3H3. The Bertz CT molecular complexity index is 3260. The number of hydrogen-bond acceptors (Lipinski definition) is 2. The molecular weight excluding hydrogens is 735 g/mol. The van der Waals surface area contributed by atoms with Crippen LogP contribution >= 0.6 is 0 Å². The van der Waals surface area contributed by atoms with E-state index in [1.165, 1.54) is 117 Å². The SMILES string of the molecule is Cc1ccc(N2c3ccc(C)cc3B3c4cc(C)ccc4N(c4ccc5c(c4)-c4ccccc4C54c5ccccc5-c5ccccc54)c4cc(-c5ccccc5)cc2c43)cc1. The van der Waals surface area contributed by atoms with E-state index in [2.05, 4.69) is 225 Å². The highest BCUT2D eigenvalue weighted by Crippen LogP contribution is 2.63. The maximum absolute atomic E-state index is 2.58. The van der Waals surface area contributed by atoms with Gasteiger partial charge in [0.1, 0.15) is 0 Å². The topological polar surface area (TPSA) is 6.48 Å². The number of hydrogen-bond donors (Lipinski definition) is 0. The van der Waals surface area contributed by atoms with Crippen molar-refractivity contribution in [1.29, 1.82) is 0 Å². The van der Waals surface area contributed by atoms with Crippen LogP contribution in [0.25, 0.3) is 33.4 Å². The zero-order valence-electron chi connectivity index (χ0n) is 34.4. The molecule has 0 saturated carbocycles. The van der Waals surface area contributed by atoms with Crippen LogP contribution in [0.2, 0.25) is 0 Å². The van der Waals surface area contributed by atoms with E-state index < -0.39 is 0 Å². The minimum Gasteiger partial charge on any atom is -0.311 e. The van der Waals surface area contributed by atoms with E-state index in [0.29, 0.717) is 0 Å². The molecule has 2 aliphatic heterocycles. The van der Waals surface area contributed by atoms with E-state index in [0.717, 1.165) is 5.69 Å². The summed E-state index contributed by atoms with van der Waals surface area (Å²) in [7, 11) is 0. The Hall–Kier alpha value is -7.36. The molecule has 2 aliphatic carbocycles. The third-order valence-corrected chi connectivity index (χ3v) is 14.0. The van der Waals surface area contributed by atoms with Crippen LogP contribution in [0.15, 0.2) is 194 Å². The smallest absolute Gasteiger partial charge is 0.252 e. The van der Waals surface area contributed by atoms with Gasteiger partial charge in [0.2, 0.25) is 0 Å². The predicted molar refractivity (Wildman–Crippen MR) is 256 cm³/mol. The van der Waals surface area contributed by atoms with Crippen molar-refractivity contribution in [3.8, 4) is 33.4 Å². The minimum absolute atomic E-state index is 0.0579. The van der Waals surface area contributed by atoms with Gasteiger partial charge in [0.15, 0.2) is 0 Å². The first-order valence-corrected chi connectivity index (χ1v) is 21.5. The first-order valence-electron chi connectivity index (χ1n) is 21.5. The lowest BCUT2D eigenvalue weighted by Gasteiger charge is -2.44. The number of benzene rings is 9. The Kier molecular flexibility index (Phi) is 7.12. The molecule has 9 aromatic carbocycles. The van der Waals surface area contributed by atoms with Crippen LogP contribution in [0.5, 0.6) is 0 Å². The number of fused-ring (bicyclic) bond motifs is 14. The summed E-state index contributed by atoms with van der Waals surface area (Å²) in [6.07, 6.45) is 0. The van der Waals surface area contributed by atoms with Gasteiger partial charge in [0, 0.05) is 34.1 Å². The van der Waals surface area contributed by atoms with Gasteiger partial charge >= 0.3 is 0 Å². The zero-order valence-corrected chi connectivity index (χ0v) is 34.4. The fraction of sp³-hybridized carbons (Fsp3) is 0.0690. The Morgan fingerprint density at radius 1 is 0.344 bits per heavy atom. The Balaban J connectivity index is 1.11. The highest BCUT2D eigenvalue weighted by Gasteiger charge is 2.52. The molecule has 0 aromatic heterocycles. The molecule has 3 heteroatoms. The van der Waals surface area contributed by atoms with E-state index in [-0.39, 0.29) is 12.1 Å². The molecule has 0 fully saturated rings. The lowest BCUT2D eigenvalue weighted by Crippen LogP contribution is -2.61. The number of rotatable bonds is 3. The van der Waals surface area contributed by atoms with Gasteiger partial charge in [0.05, 0.1) is 5.41 Å². The summed E-state index contributed by atoms with van der Waals surface area (Å²) in [4.78, 5) is 5.10. The molecule has 0 bridgehead atoms. The Labute approximate surface area is 358 Å². The fourth-order valence-corrected chi connectivity index (χ4v) is 11.5. The summed E-state index contributed by atoms with van der Waals surface area (Å²) in [6.45, 7) is 6.70. The van der Waals surface area contributed by atoms with Crippen LogP contribution in [0.3, 0.4) is 0 Å². The maximum atomic E-state index is 2.58. The highest BCUT2D eigenvalue weighted by atomic mass is 15.2. The van der Waals surface area contributed by atoms with Crippen LogP contribution < -0.4 is 26.2 Å². The largest absolute Gasteiger partial charge is 0.311 e. The summed E-state index contributed by atoms with van der Waals surface area (Å²) < 4.78 is 0. The normalized spacial score (nSPS) is 14.2. The molecule has 4 aliphatic rings. The monoisotopic (exact) mass is 776 g/mol. The highest BCUT2D eigenvalue weighted by molar-refractivity contribution is 7.00. The second-order valence-corrected chi connectivity index (χ2v) is 17.5. The van der Waals surface area contributed by atoms with Gasteiger partial charge < -0.3 is 9.80 Å². The van der Waals surface area contributed by atoms with Gasteiger partial charge in [-0.3, -0.25) is 0 Å². The molecule has 61 heavy (non-hydrogen) atoms. The van der Waals surface area contributed by atoms with Gasteiger partial charge in [-0.2, -0.15) is 0 Å². The van der Waals surface area contributed by atoms with Crippen LogP contribution in [0.1, 0.15) is 38.9 Å². The van der Waals surface area contributed by atoms with E-state index >= 15 is 0 Å². The van der Waals surface area contributed by atoms with Crippen molar-refractivity contribution < 1.29 is 0 Å². The third-order valence-electron chi connectivity index (χ3n) is 14.0. The molecule has 0 amide bonds. The molecule has 0 N–H and O–H groups in total. The van der Waals surface area contributed by atoms with Crippen molar-refractivity contribution in [3.63, 3.8) is 0 Å². The third kappa shape index (κ3) is 4.64. The lowest BCUT2D eigenvalue weighted by atomic mass is 9.33. The van der Waals surface area contributed by atoms with Crippen LogP contribution in [-0.2, 0) is 5.41 Å². The summed E-state index contributed by atoms with van der Waals surface area (Å²) in [6, 6.07) is 73.7. The second-order valence-electron chi connectivity index (χ2n) is 17.5. The first kappa shape index (κ1) is 34.5. The molecule has 1 spiro atoms. The van der Waals surface area contributed by atoms with Gasteiger partial charge in [0.25, 0.3) is 6.71 Å². The van der Waals surface area contributed by atoms with Crippen molar-refractivity contribution in [2.24, 2.45) is 0 Å². The second kappa shape index (κ2) is 12.6. The molecule has 13 rings (SSSR count). The predicted octanol–water partition coefficient (Wildman–Crippen LogP) is 12.7. The molecule has 0 atom stereocenters. The molecule has 2 nitrogen and oxygen atoms in total. The molecule has 0 radical (unpaired) electrons. The average molecular weight is 777 g/mol. The van der Waals surface area contributed by atoms with Crippen molar-refractivity contribution >= 4 is 57.2 Å². The van der Waals surface area contributed by atoms with E-state index in [1.54, 1.807) is 0 Å². The Morgan fingerprint density at radius 2 is 0.803 bits per heavy atom. The molecule has 0 unspecified atom stereocenters. The maximum Gasteiger partial charge on any atom is 0.252 e. The van der Waals surface area contributed by atoms with E-state index in [9.17, 15) is 0 Å². The van der Waals surface area contributed by atoms with Crippen LogP contribution in [0.4, 0.5) is 34.1 Å². The van der Waals surface area contributed by atoms with E-state index in [4.69, 9.17) is 0 Å². The molecule has 0 saturated heterocycles. The molecule has 286 valence electrons. The van der Waals surface area contributed by atoms with Crippen molar-refractivity contribution in [1.82, 2.24) is 0 Å². The fourth-order valence-electron chi connectivity index (χ4n) is 11.5. The number of aryl methyl sites for hydroxylation is 3. The summed E-state index contributed by atoms with van der Waals surface area (Å²) in [5.74, 6) is 0. The summed E-state index contributed by atoms with van der Waals surface area (Å²) in [5.41, 5.74) is 27.8. The zero-order chi connectivity index (χ0) is 40.6. The van der Waals surface area contributed by atoms with Gasteiger partial charge in [-0.15, -0.1) is 0 Å². The lowest BCUT2D eigenvalue weighted by molar-refractivity contribution is 0.794. The van der Waals surface area contributed by atoms with Crippen molar-refractivity contribution in [2.45, 2.75) is 26.2 Å². The first-order chi connectivity index (χ1) is 30.0. The van der Waals surface area contributed by atoms with Crippen LogP contribution in [0, 0.1) is 20.8 Å². The number of nitrogens with zero attached hydrogens (tertiary/aromatic N) is 2. The molecule has 9 aromatic rings. The average Bonchev–Trinajstić information content (AvgIpc) is 3.76. The van der Waals surface area contributed by atoms with Gasteiger partial charge in [-0.1, -0.05) is 162 Å². The number of anilines is 6. The van der Waals surface area contributed by atoms with Gasteiger partial charge in [-0.05, 0) is 141 Å². The molecule has 2 heterocycles. The van der Waals surface area contributed by atoms with Gasteiger partial charge in [-0.25, -0.2) is 0 Å². The van der Waals surface area contributed by atoms with Crippen LogP contribution in [-0.4, -0.2) is 6.71 Å². The summed E-state index contributed by atoms with van der Waals surface area (Å²) in [5, 5.41) is 0. The van der Waals surface area contributed by atoms with Crippen molar-refractivity contribution in [2.75, 3.05) is 9.80 Å². The summed E-state index contributed by atoms with van der Waals surface area (Å²) >= 11 is 0. The Morgan fingerprint density at radius 3 is 1.38 bits per heavy atom. The minimum atomic E-state index is -0.387. The van der Waals surface area contributed by atoms with E-state index in [1.807, 2.05) is 0 Å². The molecular formula is C58H41BN2. The van der Waals surface area contributed by atoms with Crippen molar-refractivity contribution in [3.05, 3.63) is 233 Å². The quantitative estimate of drug-likeness (QED) is 0.165.